The van der Waals surface area contributed by atoms with Gasteiger partial charge < -0.3 is 4.90 Å². The number of sulfonamides is 1. The molecule has 0 unspecified atom stereocenters. The fourth-order valence-corrected chi connectivity index (χ4v) is 4.70. The predicted octanol–water partition coefficient (Wildman–Crippen LogP) is 4.47. The molecule has 1 amide bonds. The predicted molar refractivity (Wildman–Crippen MR) is 109 cm³/mol. The van der Waals surface area contributed by atoms with Crippen molar-refractivity contribution in [3.63, 3.8) is 0 Å². The van der Waals surface area contributed by atoms with Crippen LogP contribution in [0.3, 0.4) is 0 Å². The van der Waals surface area contributed by atoms with Crippen LogP contribution in [0.25, 0.3) is 0 Å². The molecule has 0 spiro atoms. The maximum absolute atomic E-state index is 12.6. The second-order valence-corrected chi connectivity index (χ2v) is 9.17. The van der Waals surface area contributed by atoms with Crippen molar-refractivity contribution >= 4 is 38.9 Å². The summed E-state index contributed by atoms with van der Waals surface area (Å²) in [5, 5.41) is 0.174. The van der Waals surface area contributed by atoms with Crippen LogP contribution in [-0.2, 0) is 21.2 Å². The van der Waals surface area contributed by atoms with Gasteiger partial charge in [0.25, 0.3) is 10.0 Å². The van der Waals surface area contributed by atoms with E-state index in [1.807, 2.05) is 11.0 Å². The van der Waals surface area contributed by atoms with Crippen LogP contribution in [0.5, 0.6) is 0 Å². The fraction of sp³-hybridized carbons (Fsp3) is 0.350. The van der Waals surface area contributed by atoms with Crippen molar-refractivity contribution in [3.8, 4) is 0 Å². The second-order valence-electron chi connectivity index (χ2n) is 7.11. The molecule has 5 nitrogen and oxygen atoms in total. The first-order chi connectivity index (χ1) is 12.8. The van der Waals surface area contributed by atoms with Crippen molar-refractivity contribution in [1.29, 1.82) is 0 Å². The Balaban J connectivity index is 1.86. The Bertz CT molecular complexity index is 957. The molecule has 0 fully saturated rings. The third-order valence-corrected chi connectivity index (χ3v) is 6.47. The quantitative estimate of drug-likeness (QED) is 0.769. The summed E-state index contributed by atoms with van der Waals surface area (Å²) < 4.78 is 27.8. The van der Waals surface area contributed by atoms with Gasteiger partial charge in [-0.05, 0) is 54.7 Å². The molecular formula is C20H23ClN2O3S. The molecule has 2 aromatic rings. The normalized spacial score (nSPS) is 14.4. The molecule has 144 valence electrons. The van der Waals surface area contributed by atoms with Crippen LogP contribution in [0.4, 0.5) is 11.4 Å². The van der Waals surface area contributed by atoms with Gasteiger partial charge in [0, 0.05) is 24.3 Å². The zero-order chi connectivity index (χ0) is 19.6. The molecular weight excluding hydrogens is 384 g/mol. The van der Waals surface area contributed by atoms with Crippen molar-refractivity contribution in [2.24, 2.45) is 5.92 Å². The molecule has 0 radical (unpaired) electrons. The minimum Gasteiger partial charge on any atom is -0.312 e. The van der Waals surface area contributed by atoms with Crippen molar-refractivity contribution in [2.45, 2.75) is 38.0 Å². The first kappa shape index (κ1) is 19.7. The Hall–Kier alpha value is -2.05. The number of nitrogens with one attached hydrogen (secondary N) is 1. The molecule has 0 bridgehead atoms. The third-order valence-electron chi connectivity index (χ3n) is 4.59. The van der Waals surface area contributed by atoms with Crippen LogP contribution >= 0.6 is 11.6 Å². The van der Waals surface area contributed by atoms with E-state index in [0.29, 0.717) is 31.0 Å². The van der Waals surface area contributed by atoms with Gasteiger partial charge >= 0.3 is 0 Å². The lowest BCUT2D eigenvalue weighted by atomic mass is 9.99. The minimum absolute atomic E-state index is 0.0399. The second kappa shape index (κ2) is 7.90. The Morgan fingerprint density at radius 1 is 1.15 bits per heavy atom. The Kier molecular flexibility index (Phi) is 5.77. The lowest BCUT2D eigenvalue weighted by molar-refractivity contribution is -0.118. The number of carbonyl (C=O) groups is 1. The van der Waals surface area contributed by atoms with Crippen molar-refractivity contribution < 1.29 is 13.2 Å². The Morgan fingerprint density at radius 3 is 2.59 bits per heavy atom. The van der Waals surface area contributed by atoms with Gasteiger partial charge in [-0.2, -0.15) is 0 Å². The lowest BCUT2D eigenvalue weighted by Gasteiger charge is -2.30. The molecule has 0 aromatic heterocycles. The molecule has 1 aliphatic heterocycles. The number of nitrogens with zero attached hydrogens (tertiary/aromatic N) is 1. The van der Waals surface area contributed by atoms with Gasteiger partial charge in [-0.3, -0.25) is 9.52 Å². The lowest BCUT2D eigenvalue weighted by Crippen LogP contribution is -2.36. The van der Waals surface area contributed by atoms with Gasteiger partial charge in [-0.25, -0.2) is 8.42 Å². The maximum Gasteiger partial charge on any atom is 0.263 e. The topological polar surface area (TPSA) is 66.5 Å². The monoisotopic (exact) mass is 406 g/mol. The van der Waals surface area contributed by atoms with E-state index in [4.69, 9.17) is 11.6 Å². The Labute approximate surface area is 165 Å². The highest BCUT2D eigenvalue weighted by Crippen LogP contribution is 2.32. The van der Waals surface area contributed by atoms with E-state index in [0.717, 1.165) is 17.7 Å². The Morgan fingerprint density at radius 2 is 1.89 bits per heavy atom. The number of benzene rings is 2. The van der Waals surface area contributed by atoms with Crippen molar-refractivity contribution in [2.75, 3.05) is 16.2 Å². The zero-order valence-corrected chi connectivity index (χ0v) is 17.0. The van der Waals surface area contributed by atoms with E-state index < -0.39 is 10.0 Å². The number of halogens is 1. The average molecular weight is 407 g/mol. The molecule has 3 rings (SSSR count). The van der Waals surface area contributed by atoms with Crippen LogP contribution in [0.2, 0.25) is 5.02 Å². The summed E-state index contributed by atoms with van der Waals surface area (Å²) in [6.07, 6.45) is 1.96. The third kappa shape index (κ3) is 4.45. The minimum atomic E-state index is -3.78. The highest BCUT2D eigenvalue weighted by Gasteiger charge is 2.25. The zero-order valence-electron chi connectivity index (χ0n) is 15.4. The average Bonchev–Trinajstić information content (AvgIpc) is 2.60. The highest BCUT2D eigenvalue weighted by atomic mass is 35.5. The van der Waals surface area contributed by atoms with Gasteiger partial charge in [0.05, 0.1) is 5.02 Å². The summed E-state index contributed by atoms with van der Waals surface area (Å²) in [6, 6.07) is 11.6. The summed E-state index contributed by atoms with van der Waals surface area (Å²) in [5.74, 6) is 0.623. The number of amides is 1. The molecule has 1 N–H and O–H groups in total. The fourth-order valence-electron chi connectivity index (χ4n) is 3.13. The van der Waals surface area contributed by atoms with Crippen molar-refractivity contribution in [3.05, 3.63) is 53.1 Å². The molecule has 2 aromatic carbocycles. The number of rotatable bonds is 6. The highest BCUT2D eigenvalue weighted by molar-refractivity contribution is 7.92. The number of aryl methyl sites for hydroxylation is 1. The SMILES string of the molecule is CC(C)CCN1C(=O)CCc2cc(NS(=O)(=O)c3ccccc3Cl)ccc21. The van der Waals surface area contributed by atoms with Gasteiger partial charge in [0.2, 0.25) is 5.91 Å². The van der Waals surface area contributed by atoms with E-state index >= 15 is 0 Å². The van der Waals surface area contributed by atoms with Gasteiger partial charge in [-0.1, -0.05) is 37.6 Å². The number of fused-ring (bicyclic) bond motifs is 1. The number of hydrogen-bond acceptors (Lipinski definition) is 3. The largest absolute Gasteiger partial charge is 0.312 e. The van der Waals surface area contributed by atoms with Crippen LogP contribution in [0.1, 0.15) is 32.3 Å². The summed E-state index contributed by atoms with van der Waals surface area (Å²) in [7, 11) is -3.78. The molecule has 1 aliphatic rings. The number of carbonyl (C=O) groups excluding carboxylic acids is 1. The number of hydrogen-bond donors (Lipinski definition) is 1. The van der Waals surface area contributed by atoms with Crippen LogP contribution < -0.4 is 9.62 Å². The van der Waals surface area contributed by atoms with Gasteiger partial charge in [-0.15, -0.1) is 0 Å². The molecule has 1 heterocycles. The van der Waals surface area contributed by atoms with Crippen LogP contribution in [0, 0.1) is 5.92 Å². The molecule has 0 aliphatic carbocycles. The van der Waals surface area contributed by atoms with E-state index in [1.165, 1.54) is 6.07 Å². The van der Waals surface area contributed by atoms with Crippen LogP contribution in [0.15, 0.2) is 47.4 Å². The van der Waals surface area contributed by atoms with E-state index in [2.05, 4.69) is 18.6 Å². The standard InChI is InChI=1S/C20H23ClN2O3S/c1-14(2)11-12-23-18-9-8-16(13-15(18)7-10-20(23)24)22-27(25,26)19-6-4-3-5-17(19)21/h3-6,8-9,13-14,22H,7,10-12H2,1-2H3. The molecule has 7 heteroatoms. The summed E-state index contributed by atoms with van der Waals surface area (Å²) in [5.41, 5.74) is 2.30. The summed E-state index contributed by atoms with van der Waals surface area (Å²) in [4.78, 5) is 14.2. The molecule has 0 saturated carbocycles. The molecule has 27 heavy (non-hydrogen) atoms. The smallest absolute Gasteiger partial charge is 0.263 e. The number of anilines is 2. The van der Waals surface area contributed by atoms with E-state index in [9.17, 15) is 13.2 Å². The molecule has 0 atom stereocenters. The summed E-state index contributed by atoms with van der Waals surface area (Å²) in [6.45, 7) is 4.93. The van der Waals surface area contributed by atoms with Crippen molar-refractivity contribution in [1.82, 2.24) is 0 Å². The van der Waals surface area contributed by atoms with E-state index in [-0.39, 0.29) is 15.8 Å². The van der Waals surface area contributed by atoms with Crippen LogP contribution in [-0.4, -0.2) is 20.9 Å². The van der Waals surface area contributed by atoms with Gasteiger partial charge in [0.15, 0.2) is 0 Å². The maximum atomic E-state index is 12.6. The van der Waals surface area contributed by atoms with E-state index in [1.54, 1.807) is 30.3 Å². The first-order valence-electron chi connectivity index (χ1n) is 8.98. The first-order valence-corrected chi connectivity index (χ1v) is 10.8. The summed E-state index contributed by atoms with van der Waals surface area (Å²) >= 11 is 6.02. The molecule has 0 saturated heterocycles. The van der Waals surface area contributed by atoms with Gasteiger partial charge in [0.1, 0.15) is 4.90 Å².